The molecule has 96 heavy (non-hydrogen) atoms. The predicted molar refractivity (Wildman–Crippen MR) is 372 cm³/mol. The van der Waals surface area contributed by atoms with Crippen molar-refractivity contribution in [2.75, 3.05) is 38.6 Å². The lowest BCUT2D eigenvalue weighted by atomic mass is 9.81. The fourth-order valence-corrected chi connectivity index (χ4v) is 12.8. The number of imide groups is 1. The second-order valence-corrected chi connectivity index (χ2v) is 27.4. The number of carbonyl (C=O) groups excluding carboxylic acids is 11. The van der Waals surface area contributed by atoms with Crippen molar-refractivity contribution in [1.82, 2.24) is 35.6 Å². The van der Waals surface area contributed by atoms with Crippen molar-refractivity contribution in [3.63, 3.8) is 0 Å². The van der Waals surface area contributed by atoms with Crippen LogP contribution in [0.15, 0.2) is 72.1 Å². The van der Waals surface area contributed by atoms with E-state index in [-0.39, 0.29) is 140 Å². The molecule has 2 heterocycles. The van der Waals surface area contributed by atoms with E-state index < -0.39 is 48.1 Å². The first-order valence-electron chi connectivity index (χ1n) is 34.6. The molecule has 0 spiro atoms. The van der Waals surface area contributed by atoms with Crippen molar-refractivity contribution in [3.8, 4) is 0 Å². The van der Waals surface area contributed by atoms with Crippen LogP contribution >= 0.6 is 11.3 Å². The number of anilines is 1. The maximum atomic E-state index is 15.4. The van der Waals surface area contributed by atoms with Crippen LogP contribution < -0.4 is 27.0 Å². The van der Waals surface area contributed by atoms with Gasteiger partial charge in [0.25, 0.3) is 17.7 Å². The number of ether oxygens (including phenoxy) is 2. The molecule has 0 radical (unpaired) electrons. The molecule has 0 aliphatic carbocycles. The Hall–Kier alpha value is -7.66. The first-order chi connectivity index (χ1) is 45.6. The first kappa shape index (κ1) is 80.8. The van der Waals surface area contributed by atoms with Crippen molar-refractivity contribution < 1.29 is 62.2 Å². The van der Waals surface area contributed by atoms with Crippen LogP contribution in [-0.2, 0) is 60.9 Å². The van der Waals surface area contributed by atoms with Crippen LogP contribution in [0.5, 0.6) is 0 Å². The molecule has 0 bridgehead atoms. The molecular formula is C73H109N9O13S. The van der Waals surface area contributed by atoms with Gasteiger partial charge in [0.15, 0.2) is 11.6 Å². The molecule has 530 valence electrons. The summed E-state index contributed by atoms with van der Waals surface area (Å²) in [4.78, 5) is 156. The van der Waals surface area contributed by atoms with E-state index in [1.807, 2.05) is 83.7 Å². The lowest BCUT2D eigenvalue weighted by Crippen LogP contribution is -2.51. The van der Waals surface area contributed by atoms with Crippen LogP contribution in [0.3, 0.4) is 0 Å². The highest BCUT2D eigenvalue weighted by Crippen LogP contribution is 2.34. The Morgan fingerprint density at radius 3 is 2.00 bits per heavy atom. The summed E-state index contributed by atoms with van der Waals surface area (Å²) in [5.41, 5.74) is 7.54. The van der Waals surface area contributed by atoms with Gasteiger partial charge in [-0.1, -0.05) is 138 Å². The minimum atomic E-state index is -0.921. The van der Waals surface area contributed by atoms with Crippen LogP contribution in [0.25, 0.3) is 0 Å². The number of nitrogens with zero attached hydrogens (tertiary/aromatic N) is 4. The summed E-state index contributed by atoms with van der Waals surface area (Å²) in [5, 5.41) is 13.7. The second-order valence-electron chi connectivity index (χ2n) is 26.5. The largest absolute Gasteiger partial charge is 0.445 e. The number of thiazole rings is 1. The third-order valence-electron chi connectivity index (χ3n) is 18.2. The number of hydrogen-bond acceptors (Lipinski definition) is 15. The first-order valence-corrected chi connectivity index (χ1v) is 35.5. The average Bonchev–Trinajstić information content (AvgIpc) is 1.12. The summed E-state index contributed by atoms with van der Waals surface area (Å²) in [6.07, 6.45) is 7.02. The van der Waals surface area contributed by atoms with Gasteiger partial charge in [0.1, 0.15) is 29.2 Å². The fourth-order valence-electron chi connectivity index (χ4n) is 11.9. The maximum Gasteiger partial charge on any atom is 0.410 e. The van der Waals surface area contributed by atoms with Crippen LogP contribution in [0.1, 0.15) is 206 Å². The summed E-state index contributed by atoms with van der Waals surface area (Å²) in [6.45, 7) is 24.1. The highest BCUT2D eigenvalue weighted by atomic mass is 32.1. The summed E-state index contributed by atoms with van der Waals surface area (Å²) >= 11 is 1.33. The van der Waals surface area contributed by atoms with E-state index in [9.17, 15) is 47.9 Å². The number of benzene rings is 2. The van der Waals surface area contributed by atoms with Gasteiger partial charge in [0, 0.05) is 112 Å². The number of nitrogens with one attached hydrogen (secondary N) is 4. The molecule has 0 fully saturated rings. The van der Waals surface area contributed by atoms with E-state index in [0.29, 0.717) is 93.6 Å². The molecule has 10 atom stereocenters. The summed E-state index contributed by atoms with van der Waals surface area (Å²) in [5.74, 6) is -5.26. The van der Waals surface area contributed by atoms with E-state index in [4.69, 9.17) is 20.2 Å². The van der Waals surface area contributed by atoms with Crippen molar-refractivity contribution in [2.24, 2.45) is 47.2 Å². The summed E-state index contributed by atoms with van der Waals surface area (Å²) < 4.78 is 12.4. The van der Waals surface area contributed by atoms with Crippen molar-refractivity contribution in [3.05, 3.63) is 94.0 Å². The standard InChI is InChI=1S/C73H109N9O13S/c1-14-36-81(59(46(5)6)43-62(94-38-15-2)70-78-58(45-96-70)69(90)77-56(39-50(11)51(12)83)40-52-25-20-18-21-26-52)71(91)57(48(9)16-3)42-61(85)67(49(10)17-4)80(13)73(93)95-44-53-29-31-55(32-30-53)76-68(89)54(27-24-35-75-72(74)92)41-60(84)66(47(7)8)79-63(86)28-22-19-23-37-82-64(87)33-34-65(82)88/h18,20-21,25-26,29-34,45-50,54,56-57,59,62,66-67H,14-17,19,22-24,27-28,35-44H2,1-13H3,(H,76,89)(H,77,90)(H,79,86)(H3,74,75,92)/t48-,49-,50-,54+,56+,57-,59+,62+,66-,67-/m0/s1. The number of likely N-dealkylation sites (N-methyl/N-ethyl adjacent to an activating group) is 1. The Bertz CT molecular complexity index is 3040. The van der Waals surface area contributed by atoms with E-state index in [2.05, 4.69) is 35.1 Å². The third-order valence-corrected chi connectivity index (χ3v) is 19.1. The van der Waals surface area contributed by atoms with E-state index >= 15 is 4.79 Å². The molecule has 0 unspecified atom stereocenters. The molecule has 0 saturated heterocycles. The SMILES string of the molecule is CCCO[C@H](C[C@H](C(C)C)N(CCC)C(=O)[C@@H](CC(=O)[C@H]([C@@H](C)CC)N(C)C(=O)OCc1ccc(NC(=O)[C@H](CCCNC(N)=O)CC(=O)[C@@H](NC(=O)CCCCCN2C(=O)C=CC2=O)C(C)C)cc1)[C@@H](C)CC)c1nc(C(=O)N[C@@H](Cc2ccccc2)C[C@H](C)C(C)=O)cs1. The Morgan fingerprint density at radius 1 is 0.740 bits per heavy atom. The molecule has 4 rings (SSSR count). The number of aromatic nitrogens is 1. The lowest BCUT2D eigenvalue weighted by Gasteiger charge is -2.40. The van der Waals surface area contributed by atoms with Gasteiger partial charge in [0.2, 0.25) is 17.7 Å². The topological polar surface area (TPSA) is 303 Å². The highest BCUT2D eigenvalue weighted by molar-refractivity contribution is 7.09. The minimum Gasteiger partial charge on any atom is -0.445 e. The smallest absolute Gasteiger partial charge is 0.410 e. The van der Waals surface area contributed by atoms with Gasteiger partial charge >= 0.3 is 12.1 Å². The molecule has 22 nitrogen and oxygen atoms in total. The lowest BCUT2D eigenvalue weighted by molar-refractivity contribution is -0.145. The molecule has 23 heteroatoms. The van der Waals surface area contributed by atoms with Gasteiger partial charge < -0.3 is 46.3 Å². The number of Topliss-reactive ketones (excluding diaryl/α,β-unsaturated/α-hetero) is 3. The van der Waals surface area contributed by atoms with Crippen LogP contribution in [0.2, 0.25) is 0 Å². The molecule has 3 aromatic rings. The van der Waals surface area contributed by atoms with Crippen LogP contribution in [0, 0.1) is 41.4 Å². The normalized spacial score (nSPS) is 15.3. The zero-order valence-corrected chi connectivity index (χ0v) is 59.9. The van der Waals surface area contributed by atoms with Crippen LogP contribution in [0.4, 0.5) is 15.3 Å². The highest BCUT2D eigenvalue weighted by Gasteiger charge is 2.41. The maximum absolute atomic E-state index is 15.4. The molecule has 1 aliphatic rings. The molecule has 2 aromatic carbocycles. The monoisotopic (exact) mass is 1350 g/mol. The number of amides is 9. The molecule has 1 aliphatic heterocycles. The summed E-state index contributed by atoms with van der Waals surface area (Å²) in [6, 6.07) is 13.3. The van der Waals surface area contributed by atoms with Gasteiger partial charge in [0.05, 0.1) is 12.1 Å². The Kier molecular flexibility index (Phi) is 34.9. The number of nitrogens with two attached hydrogens (primary N) is 1. The van der Waals surface area contributed by atoms with Gasteiger partial charge in [-0.3, -0.25) is 48.1 Å². The number of unbranched alkanes of at least 4 members (excludes halogenated alkanes) is 2. The molecule has 1 aromatic heterocycles. The average molecular weight is 1350 g/mol. The van der Waals surface area contributed by atoms with Gasteiger partial charge in [-0.15, -0.1) is 11.3 Å². The van der Waals surface area contributed by atoms with Gasteiger partial charge in [-0.25, -0.2) is 14.6 Å². The van der Waals surface area contributed by atoms with Crippen molar-refractivity contribution >= 4 is 81.9 Å². The summed E-state index contributed by atoms with van der Waals surface area (Å²) in [7, 11) is 1.53. The molecule has 0 saturated carbocycles. The number of primary amides is 1. The fraction of sp³-hybridized carbons (Fsp3) is 0.616. The zero-order valence-electron chi connectivity index (χ0n) is 59.1. The molecular weight excluding hydrogens is 1240 g/mol. The predicted octanol–water partition coefficient (Wildman–Crippen LogP) is 11.1. The Morgan fingerprint density at radius 2 is 1.41 bits per heavy atom. The van der Waals surface area contributed by atoms with E-state index in [1.54, 1.807) is 50.4 Å². The third kappa shape index (κ3) is 26.1. The second kappa shape index (κ2) is 41.4. The Labute approximate surface area is 573 Å². The van der Waals surface area contributed by atoms with Crippen molar-refractivity contribution in [2.45, 2.75) is 216 Å². The number of rotatable bonds is 45. The molecule has 6 N–H and O–H groups in total. The number of hydrogen-bond donors (Lipinski definition) is 5. The number of ketones is 3. The van der Waals surface area contributed by atoms with Crippen LogP contribution in [-0.4, -0.2) is 142 Å². The minimum absolute atomic E-state index is 0.0460. The van der Waals surface area contributed by atoms with Gasteiger partial charge in [-0.2, -0.15) is 0 Å². The number of urea groups is 1. The zero-order chi connectivity index (χ0) is 71.2. The van der Waals surface area contributed by atoms with Gasteiger partial charge in [-0.05, 0) is 105 Å². The molecule has 9 amide bonds. The Balaban J connectivity index is 1.45. The quantitative estimate of drug-likeness (QED) is 0.0260. The number of carbonyl (C=O) groups is 11. The van der Waals surface area contributed by atoms with E-state index in [0.717, 1.165) is 16.9 Å². The van der Waals surface area contributed by atoms with Crippen molar-refractivity contribution in [1.29, 1.82) is 0 Å². The van der Waals surface area contributed by atoms with E-state index in [1.165, 1.54) is 35.4 Å².